The van der Waals surface area contributed by atoms with Crippen molar-refractivity contribution >= 4 is 29.0 Å². The van der Waals surface area contributed by atoms with Crippen molar-refractivity contribution in [1.82, 2.24) is 10.3 Å². The van der Waals surface area contributed by atoms with Gasteiger partial charge in [0.25, 0.3) is 0 Å². The van der Waals surface area contributed by atoms with Gasteiger partial charge in [-0.3, -0.25) is 4.98 Å². The van der Waals surface area contributed by atoms with Crippen LogP contribution in [0.2, 0.25) is 0 Å². The molecule has 2 aromatic heterocycles. The Morgan fingerprint density at radius 1 is 1.03 bits per heavy atom. The highest BCUT2D eigenvalue weighted by Gasteiger charge is 2.42. The van der Waals surface area contributed by atoms with E-state index in [9.17, 15) is 9.18 Å². The van der Waals surface area contributed by atoms with E-state index < -0.39 is 5.97 Å². The van der Waals surface area contributed by atoms with Gasteiger partial charge in [0.2, 0.25) is 0 Å². The predicted molar refractivity (Wildman–Crippen MR) is 125 cm³/mol. The molecular weight excluding hydrogens is 441 g/mol. The lowest BCUT2D eigenvalue weighted by Crippen LogP contribution is -2.29. The van der Waals surface area contributed by atoms with Crippen LogP contribution in [-0.2, 0) is 0 Å². The summed E-state index contributed by atoms with van der Waals surface area (Å²) in [5, 5.41) is 12.9. The van der Waals surface area contributed by atoms with Crippen molar-refractivity contribution in [2.24, 2.45) is 0 Å². The van der Waals surface area contributed by atoms with Crippen molar-refractivity contribution in [3.8, 4) is 11.3 Å². The molecule has 6 nitrogen and oxygen atoms in total. The molecule has 8 heteroatoms. The molecule has 0 saturated carbocycles. The van der Waals surface area contributed by atoms with Crippen molar-refractivity contribution in [2.75, 3.05) is 4.90 Å². The van der Waals surface area contributed by atoms with Gasteiger partial charge in [0.1, 0.15) is 23.4 Å². The Kier molecular flexibility index (Phi) is 5.35. The second kappa shape index (κ2) is 8.48. The number of rotatable bonds is 5. The zero-order valence-electron chi connectivity index (χ0n) is 17.2. The minimum atomic E-state index is -0.986. The molecule has 0 spiro atoms. The molecule has 164 valence electrons. The predicted octanol–water partition coefficient (Wildman–Crippen LogP) is 5.36. The zero-order chi connectivity index (χ0) is 22.9. The summed E-state index contributed by atoms with van der Waals surface area (Å²) in [6.45, 7) is 0. The van der Waals surface area contributed by atoms with E-state index in [0.29, 0.717) is 16.6 Å². The third-order valence-electron chi connectivity index (χ3n) is 5.54. The molecule has 1 fully saturated rings. The monoisotopic (exact) mass is 459 g/mol. The van der Waals surface area contributed by atoms with Crippen molar-refractivity contribution in [3.63, 3.8) is 0 Å². The summed E-state index contributed by atoms with van der Waals surface area (Å²) in [5.41, 5.74) is 2.47. The lowest BCUT2D eigenvalue weighted by molar-refractivity contribution is 0.0697. The van der Waals surface area contributed by atoms with E-state index in [1.165, 1.54) is 24.3 Å². The number of nitrogens with one attached hydrogen (secondary N) is 1. The molecule has 2 aromatic carbocycles. The van der Waals surface area contributed by atoms with Gasteiger partial charge < -0.3 is 19.7 Å². The molecule has 0 bridgehead atoms. The van der Waals surface area contributed by atoms with E-state index in [1.54, 1.807) is 30.5 Å². The fourth-order valence-corrected chi connectivity index (χ4v) is 4.31. The lowest BCUT2D eigenvalue weighted by Gasteiger charge is -2.26. The number of carboxylic acid groups (broad SMARTS) is 1. The molecule has 2 N–H and O–H groups in total. The van der Waals surface area contributed by atoms with Crippen LogP contribution in [0.5, 0.6) is 0 Å². The average molecular weight is 460 g/mol. The number of anilines is 1. The van der Waals surface area contributed by atoms with Gasteiger partial charge >= 0.3 is 5.97 Å². The molecule has 3 heterocycles. The van der Waals surface area contributed by atoms with E-state index in [1.807, 2.05) is 35.2 Å². The van der Waals surface area contributed by atoms with E-state index in [0.717, 1.165) is 16.9 Å². The number of furan rings is 1. The van der Waals surface area contributed by atoms with Crippen molar-refractivity contribution in [1.29, 1.82) is 0 Å². The van der Waals surface area contributed by atoms with Crippen LogP contribution in [0.3, 0.4) is 0 Å². The van der Waals surface area contributed by atoms with Crippen LogP contribution >= 0.6 is 12.2 Å². The fourth-order valence-electron chi connectivity index (χ4n) is 3.97. The molecule has 0 amide bonds. The van der Waals surface area contributed by atoms with E-state index in [-0.39, 0.29) is 23.5 Å². The first-order chi connectivity index (χ1) is 16.0. The summed E-state index contributed by atoms with van der Waals surface area (Å²) in [5.74, 6) is -0.0849. The third-order valence-corrected chi connectivity index (χ3v) is 5.85. The van der Waals surface area contributed by atoms with Crippen LogP contribution in [0.25, 0.3) is 11.3 Å². The number of hydrogen-bond acceptors (Lipinski definition) is 4. The second-order valence-electron chi connectivity index (χ2n) is 7.56. The molecule has 1 aliphatic rings. The molecule has 0 aliphatic carbocycles. The summed E-state index contributed by atoms with van der Waals surface area (Å²) in [7, 11) is 0. The molecule has 33 heavy (non-hydrogen) atoms. The molecule has 5 rings (SSSR count). The van der Waals surface area contributed by atoms with E-state index in [4.69, 9.17) is 21.7 Å². The highest BCUT2D eigenvalue weighted by Crippen LogP contribution is 2.42. The van der Waals surface area contributed by atoms with Gasteiger partial charge in [-0.25, -0.2) is 9.18 Å². The van der Waals surface area contributed by atoms with Crippen LogP contribution < -0.4 is 10.2 Å². The minimum Gasteiger partial charge on any atom is -0.478 e. The summed E-state index contributed by atoms with van der Waals surface area (Å²) < 4.78 is 19.8. The number of aromatic nitrogens is 1. The van der Waals surface area contributed by atoms with Gasteiger partial charge in [0.15, 0.2) is 5.11 Å². The maximum absolute atomic E-state index is 13.6. The third kappa shape index (κ3) is 3.96. The van der Waals surface area contributed by atoms with Crippen LogP contribution in [0, 0.1) is 5.82 Å². The van der Waals surface area contributed by atoms with Gasteiger partial charge in [-0.2, -0.15) is 0 Å². The molecule has 1 saturated heterocycles. The first-order valence-corrected chi connectivity index (χ1v) is 10.6. The van der Waals surface area contributed by atoms with Gasteiger partial charge in [-0.05, 0) is 72.9 Å². The minimum absolute atomic E-state index is 0.202. The number of benzene rings is 2. The molecule has 4 aromatic rings. The topological polar surface area (TPSA) is 78.6 Å². The molecule has 0 radical (unpaired) electrons. The standard InChI is InChI=1S/C25H18FN3O3S/c26-17-8-10-18(11-9-17)29-23(22(28-25(29)33)19-3-1-2-14-27-19)21-13-12-20(32-21)15-4-6-16(7-5-15)24(30)31/h1-14,22-23H,(H,28,33)(H,30,31)/t22-,23+/m0/s1. The Labute approximate surface area is 194 Å². The maximum Gasteiger partial charge on any atom is 0.335 e. The van der Waals surface area contributed by atoms with Crippen molar-refractivity contribution in [2.45, 2.75) is 12.1 Å². The van der Waals surface area contributed by atoms with Gasteiger partial charge in [0.05, 0.1) is 17.3 Å². The normalized spacial score (nSPS) is 17.7. The molecule has 0 unspecified atom stereocenters. The molecule has 2 atom stereocenters. The number of thiocarbonyl (C=S) groups is 1. The Morgan fingerprint density at radius 2 is 1.79 bits per heavy atom. The Balaban J connectivity index is 1.56. The Hall–Kier alpha value is -4.04. The van der Waals surface area contributed by atoms with Crippen LogP contribution in [-0.4, -0.2) is 21.2 Å². The number of nitrogens with zero attached hydrogens (tertiary/aromatic N) is 2. The van der Waals surface area contributed by atoms with E-state index >= 15 is 0 Å². The summed E-state index contributed by atoms with van der Waals surface area (Å²) in [4.78, 5) is 17.5. The SMILES string of the molecule is O=C(O)c1ccc(-c2ccc([C@@H]3[C@H](c4ccccn4)NC(=S)N3c3ccc(F)cc3)o2)cc1. The summed E-state index contributed by atoms with van der Waals surface area (Å²) in [6.07, 6.45) is 1.72. The van der Waals surface area contributed by atoms with Gasteiger partial charge in [-0.1, -0.05) is 18.2 Å². The average Bonchev–Trinajstić information content (AvgIpc) is 3.45. The van der Waals surface area contributed by atoms with Crippen molar-refractivity contribution in [3.05, 3.63) is 108 Å². The van der Waals surface area contributed by atoms with Gasteiger partial charge in [0, 0.05) is 17.4 Å². The molecular formula is C25H18FN3O3S. The smallest absolute Gasteiger partial charge is 0.335 e. The number of carboxylic acids is 1. The quantitative estimate of drug-likeness (QED) is 0.389. The van der Waals surface area contributed by atoms with Crippen molar-refractivity contribution < 1.29 is 18.7 Å². The second-order valence-corrected chi connectivity index (χ2v) is 7.94. The highest BCUT2D eigenvalue weighted by atomic mass is 32.1. The van der Waals surface area contributed by atoms with E-state index in [2.05, 4.69) is 10.3 Å². The number of halogens is 1. The molecule has 1 aliphatic heterocycles. The number of carbonyl (C=O) groups is 1. The first-order valence-electron chi connectivity index (χ1n) is 10.2. The largest absolute Gasteiger partial charge is 0.478 e. The zero-order valence-corrected chi connectivity index (χ0v) is 18.0. The lowest BCUT2D eigenvalue weighted by atomic mass is 10.0. The highest BCUT2D eigenvalue weighted by molar-refractivity contribution is 7.80. The summed E-state index contributed by atoms with van der Waals surface area (Å²) >= 11 is 5.64. The maximum atomic E-state index is 13.6. The summed E-state index contributed by atoms with van der Waals surface area (Å²) in [6, 6.07) is 21.3. The van der Waals surface area contributed by atoms with Crippen LogP contribution in [0.15, 0.2) is 89.5 Å². The van der Waals surface area contributed by atoms with Crippen LogP contribution in [0.1, 0.15) is 33.9 Å². The number of pyridine rings is 1. The van der Waals surface area contributed by atoms with Gasteiger partial charge in [-0.15, -0.1) is 0 Å². The Morgan fingerprint density at radius 3 is 2.45 bits per heavy atom. The number of hydrogen-bond donors (Lipinski definition) is 2. The first kappa shape index (κ1) is 20.8. The van der Waals surface area contributed by atoms with Crippen LogP contribution in [0.4, 0.5) is 10.1 Å². The number of aromatic carboxylic acids is 1. The Bertz CT molecular complexity index is 1310. The fraction of sp³-hybridized carbons (Fsp3) is 0.0800.